The van der Waals surface area contributed by atoms with Crippen molar-refractivity contribution in [1.82, 2.24) is 14.8 Å². The summed E-state index contributed by atoms with van der Waals surface area (Å²) < 4.78 is 25.5. The molecule has 146 valence electrons. The molecule has 2 aromatic carbocycles. The number of urea groups is 1. The van der Waals surface area contributed by atoms with Crippen molar-refractivity contribution in [2.24, 2.45) is 7.05 Å². The summed E-state index contributed by atoms with van der Waals surface area (Å²) in [6, 6.07) is 13.6. The number of ether oxygens (including phenoxy) is 1. The monoisotopic (exact) mass is 393 g/mol. The Hall–Kier alpha value is -4.14. The zero-order chi connectivity index (χ0) is 20.2. The zero-order valence-corrected chi connectivity index (χ0v) is 15.3. The Morgan fingerprint density at radius 1 is 1.07 bits per heavy atom. The number of hydrogen-bond acceptors (Lipinski definition) is 5. The highest BCUT2D eigenvalue weighted by Crippen LogP contribution is 2.26. The molecule has 9 heteroatoms. The van der Waals surface area contributed by atoms with E-state index in [2.05, 4.69) is 20.7 Å². The SMILES string of the molecule is Cn1nc(-c2ncco2)cc1Oc1ccc(NC(=O)Nc2ccc(F)cc2)cc1. The molecule has 0 aliphatic carbocycles. The Kier molecular flexibility index (Phi) is 4.93. The van der Waals surface area contributed by atoms with Crippen molar-refractivity contribution in [2.45, 2.75) is 0 Å². The van der Waals surface area contributed by atoms with Crippen LogP contribution in [0.25, 0.3) is 11.6 Å². The molecular formula is C20H16FN5O3. The van der Waals surface area contributed by atoms with Gasteiger partial charge >= 0.3 is 6.03 Å². The molecule has 0 atom stereocenters. The van der Waals surface area contributed by atoms with E-state index in [0.29, 0.717) is 34.6 Å². The lowest BCUT2D eigenvalue weighted by atomic mass is 10.3. The highest BCUT2D eigenvalue weighted by atomic mass is 19.1. The van der Waals surface area contributed by atoms with Gasteiger partial charge in [0.1, 0.15) is 17.8 Å². The molecule has 0 aliphatic rings. The second-order valence-corrected chi connectivity index (χ2v) is 6.04. The summed E-state index contributed by atoms with van der Waals surface area (Å²) in [5, 5.41) is 9.61. The first-order chi connectivity index (χ1) is 14.1. The molecule has 4 aromatic rings. The molecule has 2 heterocycles. The van der Waals surface area contributed by atoms with E-state index in [1.165, 1.54) is 30.5 Å². The molecule has 2 amide bonds. The number of aromatic nitrogens is 3. The fraction of sp³-hybridized carbons (Fsp3) is 0.0500. The van der Waals surface area contributed by atoms with Crippen LogP contribution in [0.15, 0.2) is 71.5 Å². The minimum Gasteiger partial charge on any atom is -0.443 e. The quantitative estimate of drug-likeness (QED) is 0.515. The summed E-state index contributed by atoms with van der Waals surface area (Å²) in [5.41, 5.74) is 1.62. The van der Waals surface area contributed by atoms with Crippen LogP contribution in [0.5, 0.6) is 11.6 Å². The number of halogens is 1. The average molecular weight is 393 g/mol. The molecule has 0 unspecified atom stereocenters. The Bertz CT molecular complexity index is 1110. The zero-order valence-electron chi connectivity index (χ0n) is 15.3. The molecule has 0 spiro atoms. The van der Waals surface area contributed by atoms with Gasteiger partial charge in [-0.1, -0.05) is 0 Å². The standard InChI is InChI=1S/C20H16FN5O3/c1-26-18(12-17(25-26)19-22-10-11-28-19)29-16-8-6-15(7-9-16)24-20(27)23-14-4-2-13(21)3-5-14/h2-12H,1H3,(H2,23,24,27). The van der Waals surface area contributed by atoms with Gasteiger partial charge in [0.15, 0.2) is 5.69 Å². The van der Waals surface area contributed by atoms with Gasteiger partial charge in [-0.3, -0.25) is 0 Å². The molecule has 29 heavy (non-hydrogen) atoms. The van der Waals surface area contributed by atoms with E-state index < -0.39 is 6.03 Å². The first-order valence-corrected chi connectivity index (χ1v) is 8.62. The third kappa shape index (κ3) is 4.41. The van der Waals surface area contributed by atoms with Crippen LogP contribution in [-0.4, -0.2) is 20.8 Å². The highest BCUT2D eigenvalue weighted by molar-refractivity contribution is 5.99. The summed E-state index contributed by atoms with van der Waals surface area (Å²) in [4.78, 5) is 16.1. The van der Waals surface area contributed by atoms with E-state index in [0.717, 1.165) is 0 Å². The number of amides is 2. The Morgan fingerprint density at radius 2 is 1.72 bits per heavy atom. The molecule has 0 radical (unpaired) electrons. The number of carbonyl (C=O) groups is 1. The molecule has 4 rings (SSSR count). The van der Waals surface area contributed by atoms with Crippen LogP contribution in [-0.2, 0) is 7.05 Å². The normalized spacial score (nSPS) is 10.6. The molecule has 8 nitrogen and oxygen atoms in total. The van der Waals surface area contributed by atoms with E-state index in [1.54, 1.807) is 48.3 Å². The van der Waals surface area contributed by atoms with Crippen molar-refractivity contribution in [1.29, 1.82) is 0 Å². The van der Waals surface area contributed by atoms with Gasteiger partial charge in [0.2, 0.25) is 11.8 Å². The van der Waals surface area contributed by atoms with Crippen LogP contribution in [0, 0.1) is 5.82 Å². The fourth-order valence-electron chi connectivity index (χ4n) is 2.55. The summed E-state index contributed by atoms with van der Waals surface area (Å²) in [6.45, 7) is 0. The lowest BCUT2D eigenvalue weighted by Crippen LogP contribution is -2.19. The maximum atomic E-state index is 12.9. The number of anilines is 2. The van der Waals surface area contributed by atoms with Crippen molar-refractivity contribution in [3.05, 3.63) is 72.9 Å². The van der Waals surface area contributed by atoms with Crippen molar-refractivity contribution >= 4 is 17.4 Å². The van der Waals surface area contributed by atoms with Crippen LogP contribution in [0.3, 0.4) is 0 Å². The second-order valence-electron chi connectivity index (χ2n) is 6.04. The van der Waals surface area contributed by atoms with E-state index in [4.69, 9.17) is 9.15 Å². The largest absolute Gasteiger partial charge is 0.443 e. The third-order valence-corrected chi connectivity index (χ3v) is 3.93. The fourth-order valence-corrected chi connectivity index (χ4v) is 2.55. The topological polar surface area (TPSA) is 94.2 Å². The lowest BCUT2D eigenvalue weighted by molar-refractivity contribution is 0.262. The van der Waals surface area contributed by atoms with Gasteiger partial charge in [0.25, 0.3) is 0 Å². The molecule has 0 saturated carbocycles. The van der Waals surface area contributed by atoms with Crippen LogP contribution >= 0.6 is 0 Å². The number of oxazole rings is 1. The Morgan fingerprint density at radius 3 is 2.34 bits per heavy atom. The summed E-state index contributed by atoms with van der Waals surface area (Å²) in [7, 11) is 1.75. The summed E-state index contributed by atoms with van der Waals surface area (Å²) in [5.74, 6) is 1.11. The average Bonchev–Trinajstić information content (AvgIpc) is 3.36. The number of benzene rings is 2. The molecule has 0 bridgehead atoms. The van der Waals surface area contributed by atoms with E-state index in [9.17, 15) is 9.18 Å². The van der Waals surface area contributed by atoms with E-state index >= 15 is 0 Å². The lowest BCUT2D eigenvalue weighted by Gasteiger charge is -2.09. The minimum atomic E-state index is -0.437. The first-order valence-electron chi connectivity index (χ1n) is 8.62. The molecule has 2 N–H and O–H groups in total. The number of nitrogens with zero attached hydrogens (tertiary/aromatic N) is 3. The van der Waals surface area contributed by atoms with Crippen molar-refractivity contribution < 1.29 is 18.3 Å². The van der Waals surface area contributed by atoms with Crippen molar-refractivity contribution in [3.8, 4) is 23.2 Å². The second kappa shape index (κ2) is 7.85. The van der Waals surface area contributed by atoms with Crippen LogP contribution in [0.1, 0.15) is 0 Å². The van der Waals surface area contributed by atoms with Gasteiger partial charge in [-0.2, -0.15) is 5.10 Å². The maximum absolute atomic E-state index is 12.9. The molecule has 0 saturated heterocycles. The van der Waals surface area contributed by atoms with Gasteiger partial charge < -0.3 is 19.8 Å². The summed E-state index contributed by atoms with van der Waals surface area (Å²) >= 11 is 0. The van der Waals surface area contributed by atoms with Crippen LogP contribution in [0.2, 0.25) is 0 Å². The van der Waals surface area contributed by atoms with Crippen molar-refractivity contribution in [2.75, 3.05) is 10.6 Å². The van der Waals surface area contributed by atoms with E-state index in [1.807, 2.05) is 0 Å². The predicted octanol–water partition coefficient (Wildman–Crippen LogP) is 4.65. The van der Waals surface area contributed by atoms with E-state index in [-0.39, 0.29) is 5.82 Å². The van der Waals surface area contributed by atoms with Crippen LogP contribution in [0.4, 0.5) is 20.6 Å². The first kappa shape index (κ1) is 18.2. The van der Waals surface area contributed by atoms with Crippen molar-refractivity contribution in [3.63, 3.8) is 0 Å². The number of rotatable bonds is 5. The maximum Gasteiger partial charge on any atom is 0.323 e. The van der Waals surface area contributed by atoms with Crippen LogP contribution < -0.4 is 15.4 Å². The Labute approximate surface area is 164 Å². The highest BCUT2D eigenvalue weighted by Gasteiger charge is 2.12. The van der Waals surface area contributed by atoms with Gasteiger partial charge in [0, 0.05) is 24.5 Å². The van der Waals surface area contributed by atoms with Gasteiger partial charge in [0.05, 0.1) is 6.20 Å². The molecular weight excluding hydrogens is 377 g/mol. The number of nitrogens with one attached hydrogen (secondary N) is 2. The van der Waals surface area contributed by atoms with Gasteiger partial charge in [-0.25, -0.2) is 18.9 Å². The number of hydrogen-bond donors (Lipinski definition) is 2. The molecule has 0 aliphatic heterocycles. The smallest absolute Gasteiger partial charge is 0.323 e. The van der Waals surface area contributed by atoms with Gasteiger partial charge in [-0.15, -0.1) is 0 Å². The Balaban J connectivity index is 1.38. The predicted molar refractivity (Wildman–Crippen MR) is 104 cm³/mol. The number of carbonyl (C=O) groups excluding carboxylic acids is 1. The minimum absolute atomic E-state index is 0.368. The summed E-state index contributed by atoms with van der Waals surface area (Å²) in [6.07, 6.45) is 3.02. The third-order valence-electron chi connectivity index (χ3n) is 3.93. The molecule has 0 fully saturated rings. The molecule has 2 aromatic heterocycles. The number of aryl methyl sites for hydroxylation is 1. The van der Waals surface area contributed by atoms with Gasteiger partial charge in [-0.05, 0) is 48.5 Å².